The highest BCUT2D eigenvalue weighted by Gasteiger charge is 2.26. The predicted octanol–water partition coefficient (Wildman–Crippen LogP) is 4.45. The number of allylic oxidation sites excluding steroid dienone is 1. The van der Waals surface area contributed by atoms with Crippen LogP contribution in [0.3, 0.4) is 0 Å². The van der Waals surface area contributed by atoms with Crippen LogP contribution in [-0.2, 0) is 16.0 Å². The molecule has 0 atom stereocenters. The van der Waals surface area contributed by atoms with E-state index >= 15 is 0 Å². The van der Waals surface area contributed by atoms with Gasteiger partial charge in [0.1, 0.15) is 0 Å². The van der Waals surface area contributed by atoms with E-state index < -0.39 is 11.7 Å². The van der Waals surface area contributed by atoms with Gasteiger partial charge in [-0.2, -0.15) is 0 Å². The predicted molar refractivity (Wildman–Crippen MR) is 93.0 cm³/mol. The third-order valence-electron chi connectivity index (χ3n) is 3.73. The van der Waals surface area contributed by atoms with E-state index in [2.05, 4.69) is 5.32 Å². The van der Waals surface area contributed by atoms with Crippen molar-refractivity contribution < 1.29 is 9.59 Å². The van der Waals surface area contributed by atoms with Crippen molar-refractivity contribution in [2.24, 2.45) is 0 Å². The number of ketones is 1. The van der Waals surface area contributed by atoms with E-state index in [4.69, 9.17) is 23.2 Å². The molecule has 116 valence electrons. The zero-order valence-corrected chi connectivity index (χ0v) is 13.8. The molecule has 1 N–H and O–H groups in total. The van der Waals surface area contributed by atoms with E-state index in [1.165, 1.54) is 0 Å². The van der Waals surface area contributed by atoms with Crippen LogP contribution in [0.25, 0.3) is 5.57 Å². The van der Waals surface area contributed by atoms with Gasteiger partial charge < -0.3 is 5.32 Å². The van der Waals surface area contributed by atoms with Gasteiger partial charge in [-0.25, -0.2) is 0 Å². The molecule has 0 aliphatic heterocycles. The standard InChI is InChI=1S/C18H13Cl2NO2/c1-10-5-6-11-7-8-12(13(11)9-10)17(22)18(23)21-16-14(19)3-2-4-15(16)20/h2-6,8-9H,7H2,1H3,(H,21,23). The van der Waals surface area contributed by atoms with Gasteiger partial charge in [-0.05, 0) is 36.6 Å². The van der Waals surface area contributed by atoms with Crippen LogP contribution in [0.1, 0.15) is 16.7 Å². The molecule has 23 heavy (non-hydrogen) atoms. The number of hydrogen-bond acceptors (Lipinski definition) is 2. The molecule has 0 bridgehead atoms. The summed E-state index contributed by atoms with van der Waals surface area (Å²) in [6.07, 6.45) is 2.43. The van der Waals surface area contributed by atoms with Gasteiger partial charge in [0.2, 0.25) is 0 Å². The number of benzene rings is 2. The number of hydrogen-bond donors (Lipinski definition) is 1. The third-order valence-corrected chi connectivity index (χ3v) is 4.36. The maximum Gasteiger partial charge on any atom is 0.296 e. The van der Waals surface area contributed by atoms with Crippen molar-refractivity contribution in [3.8, 4) is 0 Å². The van der Waals surface area contributed by atoms with Crippen molar-refractivity contribution >= 4 is 46.2 Å². The van der Waals surface area contributed by atoms with Crippen LogP contribution < -0.4 is 5.32 Å². The highest BCUT2D eigenvalue weighted by atomic mass is 35.5. The van der Waals surface area contributed by atoms with E-state index in [0.29, 0.717) is 12.0 Å². The summed E-state index contributed by atoms with van der Waals surface area (Å²) in [5.74, 6) is -1.34. The molecule has 3 nitrogen and oxygen atoms in total. The van der Waals surface area contributed by atoms with Crippen LogP contribution >= 0.6 is 23.2 Å². The lowest BCUT2D eigenvalue weighted by Gasteiger charge is -2.10. The summed E-state index contributed by atoms with van der Waals surface area (Å²) in [6.45, 7) is 1.95. The number of anilines is 1. The summed E-state index contributed by atoms with van der Waals surface area (Å²) in [4.78, 5) is 24.8. The summed E-state index contributed by atoms with van der Waals surface area (Å²) in [6, 6.07) is 10.7. The Bertz CT molecular complexity index is 836. The largest absolute Gasteiger partial charge is 0.317 e. The summed E-state index contributed by atoms with van der Waals surface area (Å²) < 4.78 is 0. The summed E-state index contributed by atoms with van der Waals surface area (Å²) >= 11 is 12.0. The van der Waals surface area contributed by atoms with Crippen molar-refractivity contribution in [3.05, 3.63) is 69.2 Å². The van der Waals surface area contributed by atoms with E-state index in [1.54, 1.807) is 24.3 Å². The van der Waals surface area contributed by atoms with E-state index in [0.717, 1.165) is 16.7 Å². The third kappa shape index (κ3) is 3.03. The van der Waals surface area contributed by atoms with Gasteiger partial charge >= 0.3 is 0 Å². The molecule has 0 saturated heterocycles. The molecule has 2 aromatic carbocycles. The van der Waals surface area contributed by atoms with Gasteiger partial charge in [-0.1, -0.05) is 59.1 Å². The second-order valence-electron chi connectivity index (χ2n) is 5.36. The molecule has 0 radical (unpaired) electrons. The average Bonchev–Trinajstić information content (AvgIpc) is 2.93. The monoisotopic (exact) mass is 345 g/mol. The molecule has 0 aromatic heterocycles. The van der Waals surface area contributed by atoms with Gasteiger partial charge in [0.05, 0.1) is 15.7 Å². The number of fused-ring (bicyclic) bond motifs is 1. The first-order valence-electron chi connectivity index (χ1n) is 7.07. The number of amides is 1. The number of Topliss-reactive ketones (excluding diaryl/α,β-unsaturated/α-hetero) is 1. The van der Waals surface area contributed by atoms with Crippen molar-refractivity contribution in [1.29, 1.82) is 0 Å². The maximum absolute atomic E-state index is 12.5. The molecule has 0 unspecified atom stereocenters. The number of carbonyl (C=O) groups is 2. The minimum Gasteiger partial charge on any atom is -0.317 e. The number of para-hydroxylation sites is 1. The quantitative estimate of drug-likeness (QED) is 0.835. The van der Waals surface area contributed by atoms with E-state index in [1.807, 2.05) is 25.1 Å². The zero-order chi connectivity index (χ0) is 16.6. The topological polar surface area (TPSA) is 46.2 Å². The Labute approximate surface area is 143 Å². The first kappa shape index (κ1) is 15.8. The lowest BCUT2D eigenvalue weighted by Crippen LogP contribution is -2.23. The molecule has 0 saturated carbocycles. The first-order chi connectivity index (χ1) is 11.0. The van der Waals surface area contributed by atoms with E-state index in [-0.39, 0.29) is 15.7 Å². The Balaban J connectivity index is 1.85. The van der Waals surface area contributed by atoms with Crippen molar-refractivity contribution in [2.45, 2.75) is 13.3 Å². The number of nitrogens with one attached hydrogen (secondary N) is 1. The van der Waals surface area contributed by atoms with Crippen molar-refractivity contribution in [1.82, 2.24) is 0 Å². The molecule has 3 rings (SSSR count). The smallest absolute Gasteiger partial charge is 0.296 e. The van der Waals surface area contributed by atoms with Crippen LogP contribution in [0, 0.1) is 6.92 Å². The van der Waals surface area contributed by atoms with Gasteiger partial charge in [-0.3, -0.25) is 9.59 Å². The van der Waals surface area contributed by atoms with Gasteiger partial charge in [-0.15, -0.1) is 0 Å². The molecular formula is C18H13Cl2NO2. The zero-order valence-electron chi connectivity index (χ0n) is 12.3. The Morgan fingerprint density at radius 1 is 1.09 bits per heavy atom. The fourth-order valence-electron chi connectivity index (χ4n) is 2.57. The maximum atomic E-state index is 12.5. The molecular weight excluding hydrogens is 333 g/mol. The van der Waals surface area contributed by atoms with Gasteiger partial charge in [0.15, 0.2) is 0 Å². The minimum atomic E-state index is -0.749. The van der Waals surface area contributed by atoms with Gasteiger partial charge in [0, 0.05) is 5.57 Å². The molecule has 0 heterocycles. The second-order valence-corrected chi connectivity index (χ2v) is 6.18. The first-order valence-corrected chi connectivity index (χ1v) is 7.82. The molecule has 1 aliphatic rings. The molecule has 2 aromatic rings. The lowest BCUT2D eigenvalue weighted by atomic mass is 10.00. The Hall–Kier alpha value is -2.10. The van der Waals surface area contributed by atoms with Crippen LogP contribution in [0.4, 0.5) is 5.69 Å². The number of aryl methyl sites for hydroxylation is 1. The summed E-state index contributed by atoms with van der Waals surface area (Å²) in [7, 11) is 0. The second kappa shape index (κ2) is 6.19. The van der Waals surface area contributed by atoms with Crippen LogP contribution in [0.2, 0.25) is 10.0 Å². The fraction of sp³-hybridized carbons (Fsp3) is 0.111. The van der Waals surface area contributed by atoms with Crippen LogP contribution in [0.5, 0.6) is 0 Å². The van der Waals surface area contributed by atoms with Gasteiger partial charge in [0.25, 0.3) is 11.7 Å². The number of halogens is 2. The fourth-order valence-corrected chi connectivity index (χ4v) is 3.06. The molecule has 1 aliphatic carbocycles. The minimum absolute atomic E-state index is 0.247. The normalized spacial score (nSPS) is 12.6. The molecule has 0 fully saturated rings. The SMILES string of the molecule is Cc1ccc2c(c1)C(C(=O)C(=O)Nc1c(Cl)cccc1Cl)=CC2. The number of rotatable bonds is 3. The highest BCUT2D eigenvalue weighted by Crippen LogP contribution is 2.32. The molecule has 5 heteroatoms. The van der Waals surface area contributed by atoms with E-state index in [9.17, 15) is 9.59 Å². The van der Waals surface area contributed by atoms with Crippen LogP contribution in [0.15, 0.2) is 42.5 Å². The van der Waals surface area contributed by atoms with Crippen LogP contribution in [-0.4, -0.2) is 11.7 Å². The lowest BCUT2D eigenvalue weighted by molar-refractivity contribution is -0.131. The van der Waals surface area contributed by atoms with Crippen molar-refractivity contribution in [3.63, 3.8) is 0 Å². The average molecular weight is 346 g/mol. The Morgan fingerprint density at radius 2 is 1.78 bits per heavy atom. The summed E-state index contributed by atoms with van der Waals surface area (Å²) in [5, 5.41) is 3.08. The molecule has 1 amide bonds. The van der Waals surface area contributed by atoms with Crippen molar-refractivity contribution in [2.75, 3.05) is 5.32 Å². The Morgan fingerprint density at radius 3 is 2.48 bits per heavy atom. The highest BCUT2D eigenvalue weighted by molar-refractivity contribution is 6.57. The molecule has 0 spiro atoms. The Kier molecular flexibility index (Phi) is 4.24. The number of carbonyl (C=O) groups excluding carboxylic acids is 2. The summed E-state index contributed by atoms with van der Waals surface area (Å²) in [5.41, 5.74) is 3.57.